The van der Waals surface area contributed by atoms with E-state index in [4.69, 9.17) is 5.11 Å². The van der Waals surface area contributed by atoms with E-state index in [0.717, 1.165) is 5.39 Å². The van der Waals surface area contributed by atoms with Crippen molar-refractivity contribution in [3.8, 4) is 0 Å². The summed E-state index contributed by atoms with van der Waals surface area (Å²) in [6.07, 6.45) is 0. The van der Waals surface area contributed by atoms with Crippen molar-refractivity contribution >= 4 is 20.8 Å². The van der Waals surface area contributed by atoms with Gasteiger partial charge in [-0.25, -0.2) is 13.1 Å². The Labute approximate surface area is 119 Å². The molecule has 2 rings (SSSR count). The lowest BCUT2D eigenvalue weighted by atomic mass is 10.1. The maximum Gasteiger partial charge on any atom is 0.241 e. The van der Waals surface area contributed by atoms with Gasteiger partial charge in [0.1, 0.15) is 0 Å². The molecule has 0 bridgehead atoms. The fourth-order valence-electron chi connectivity index (χ4n) is 2.01. The molecule has 2 atom stereocenters. The van der Waals surface area contributed by atoms with E-state index in [1.165, 1.54) is 0 Å². The quantitative estimate of drug-likeness (QED) is 0.887. The fraction of sp³-hybridized carbons (Fsp3) is 0.333. The molecule has 0 fully saturated rings. The van der Waals surface area contributed by atoms with Crippen LogP contribution in [-0.4, -0.2) is 26.2 Å². The third kappa shape index (κ3) is 3.00. The van der Waals surface area contributed by atoms with Crippen molar-refractivity contribution in [2.75, 3.05) is 6.61 Å². The van der Waals surface area contributed by atoms with Crippen LogP contribution in [0, 0.1) is 5.92 Å². The van der Waals surface area contributed by atoms with Crippen molar-refractivity contribution in [2.45, 2.75) is 24.8 Å². The monoisotopic (exact) mass is 293 g/mol. The molecule has 0 spiro atoms. The summed E-state index contributed by atoms with van der Waals surface area (Å²) in [6.45, 7) is 3.50. The average Bonchev–Trinajstić information content (AvgIpc) is 2.45. The highest BCUT2D eigenvalue weighted by molar-refractivity contribution is 7.89. The molecule has 2 N–H and O–H groups in total. The van der Waals surface area contributed by atoms with Crippen LogP contribution in [0.3, 0.4) is 0 Å². The van der Waals surface area contributed by atoms with E-state index < -0.39 is 10.0 Å². The smallest absolute Gasteiger partial charge is 0.241 e. The molecule has 108 valence electrons. The number of fused-ring (bicyclic) bond motifs is 1. The second-order valence-electron chi connectivity index (χ2n) is 5.05. The number of aliphatic hydroxyl groups excluding tert-OH is 1. The zero-order valence-electron chi connectivity index (χ0n) is 11.6. The van der Waals surface area contributed by atoms with Crippen LogP contribution in [0.4, 0.5) is 0 Å². The Balaban J connectivity index is 2.42. The number of benzene rings is 2. The summed E-state index contributed by atoms with van der Waals surface area (Å²) in [5.74, 6) is -0.139. The Bertz CT molecular complexity index is 692. The largest absolute Gasteiger partial charge is 0.396 e. The van der Waals surface area contributed by atoms with E-state index in [-0.39, 0.29) is 23.5 Å². The van der Waals surface area contributed by atoms with E-state index in [1.807, 2.05) is 24.3 Å². The molecule has 0 unspecified atom stereocenters. The molecule has 5 heteroatoms. The average molecular weight is 293 g/mol. The molecule has 0 saturated heterocycles. The number of sulfonamides is 1. The predicted octanol–water partition coefficient (Wildman–Crippen LogP) is 2.13. The summed E-state index contributed by atoms with van der Waals surface area (Å²) >= 11 is 0. The van der Waals surface area contributed by atoms with Crippen molar-refractivity contribution in [2.24, 2.45) is 5.92 Å². The number of rotatable bonds is 5. The van der Waals surface area contributed by atoms with Gasteiger partial charge in [0.15, 0.2) is 0 Å². The van der Waals surface area contributed by atoms with Crippen molar-refractivity contribution in [3.05, 3.63) is 42.5 Å². The summed E-state index contributed by atoms with van der Waals surface area (Å²) in [5, 5.41) is 10.7. The lowest BCUT2D eigenvalue weighted by Crippen LogP contribution is -2.38. The molecule has 0 heterocycles. The van der Waals surface area contributed by atoms with E-state index >= 15 is 0 Å². The molecule has 0 aliphatic rings. The Hall–Kier alpha value is -1.43. The van der Waals surface area contributed by atoms with Crippen LogP contribution >= 0.6 is 0 Å². The molecule has 0 aromatic heterocycles. The van der Waals surface area contributed by atoms with Crippen LogP contribution in [0.15, 0.2) is 47.4 Å². The molecule has 0 saturated carbocycles. The zero-order valence-corrected chi connectivity index (χ0v) is 12.4. The summed E-state index contributed by atoms with van der Waals surface area (Å²) in [5.41, 5.74) is 0. The molecular weight excluding hydrogens is 274 g/mol. The highest BCUT2D eigenvalue weighted by atomic mass is 32.2. The van der Waals surface area contributed by atoms with Gasteiger partial charge in [-0.15, -0.1) is 0 Å². The molecule has 2 aromatic rings. The van der Waals surface area contributed by atoms with E-state index in [2.05, 4.69) is 4.72 Å². The van der Waals surface area contributed by atoms with Gasteiger partial charge in [0.2, 0.25) is 10.0 Å². The molecule has 2 aromatic carbocycles. The number of nitrogens with one attached hydrogen (secondary N) is 1. The standard InChI is InChI=1S/C15H19NO3S/c1-11(10-17)12(2)16-20(18,19)15-9-5-7-13-6-3-4-8-14(13)15/h3-9,11-12,16-17H,10H2,1-2H3/t11-,12+/m1/s1. The van der Waals surface area contributed by atoms with Gasteiger partial charge < -0.3 is 5.11 Å². The normalized spacial score (nSPS) is 15.2. The number of hydrogen-bond donors (Lipinski definition) is 2. The van der Waals surface area contributed by atoms with Crippen LogP contribution < -0.4 is 4.72 Å². The lowest BCUT2D eigenvalue weighted by Gasteiger charge is -2.19. The van der Waals surface area contributed by atoms with Crippen LogP contribution in [0.25, 0.3) is 10.8 Å². The first-order valence-corrected chi connectivity index (χ1v) is 8.05. The van der Waals surface area contributed by atoms with E-state index in [0.29, 0.717) is 5.39 Å². The third-order valence-electron chi connectivity index (χ3n) is 3.52. The van der Waals surface area contributed by atoms with Crippen LogP contribution in [0.2, 0.25) is 0 Å². The predicted molar refractivity (Wildman–Crippen MR) is 80.0 cm³/mol. The van der Waals surface area contributed by atoms with Gasteiger partial charge in [-0.3, -0.25) is 0 Å². The highest BCUT2D eigenvalue weighted by Crippen LogP contribution is 2.23. The maximum absolute atomic E-state index is 12.5. The summed E-state index contributed by atoms with van der Waals surface area (Å²) in [4.78, 5) is 0.271. The number of hydrogen-bond acceptors (Lipinski definition) is 3. The van der Waals surface area contributed by atoms with E-state index in [1.54, 1.807) is 32.0 Å². The molecule has 0 aliphatic carbocycles. The minimum atomic E-state index is -3.60. The Kier molecular flexibility index (Phi) is 4.42. The zero-order chi connectivity index (χ0) is 14.8. The van der Waals surface area contributed by atoms with Gasteiger partial charge in [-0.2, -0.15) is 0 Å². The van der Waals surface area contributed by atoms with Gasteiger partial charge >= 0.3 is 0 Å². The van der Waals surface area contributed by atoms with Crippen molar-refractivity contribution in [1.29, 1.82) is 0 Å². The minimum absolute atomic E-state index is 0.0563. The SMILES string of the molecule is C[C@H](CO)[C@H](C)NS(=O)(=O)c1cccc2ccccc12. The van der Waals surface area contributed by atoms with Gasteiger partial charge in [0.25, 0.3) is 0 Å². The Morgan fingerprint density at radius 3 is 2.45 bits per heavy atom. The van der Waals surface area contributed by atoms with E-state index in [9.17, 15) is 8.42 Å². The molecule has 0 radical (unpaired) electrons. The molecule has 0 amide bonds. The molecule has 0 aliphatic heterocycles. The minimum Gasteiger partial charge on any atom is -0.396 e. The van der Waals surface area contributed by atoms with Crippen LogP contribution in [0.1, 0.15) is 13.8 Å². The Morgan fingerprint density at radius 1 is 1.10 bits per heavy atom. The second kappa shape index (κ2) is 5.91. The molecule has 20 heavy (non-hydrogen) atoms. The summed E-state index contributed by atoms with van der Waals surface area (Å²) < 4.78 is 27.6. The number of aliphatic hydroxyl groups is 1. The van der Waals surface area contributed by atoms with Crippen LogP contribution in [-0.2, 0) is 10.0 Å². The highest BCUT2D eigenvalue weighted by Gasteiger charge is 2.22. The molecule has 4 nitrogen and oxygen atoms in total. The first-order chi connectivity index (χ1) is 9.45. The third-order valence-corrected chi connectivity index (χ3v) is 5.14. The Morgan fingerprint density at radius 2 is 1.75 bits per heavy atom. The summed E-state index contributed by atoms with van der Waals surface area (Å²) in [6, 6.07) is 12.3. The lowest BCUT2D eigenvalue weighted by molar-refractivity contribution is 0.216. The van der Waals surface area contributed by atoms with Crippen molar-refractivity contribution in [1.82, 2.24) is 4.72 Å². The van der Waals surface area contributed by atoms with Gasteiger partial charge in [-0.05, 0) is 24.3 Å². The van der Waals surface area contributed by atoms with Crippen molar-refractivity contribution in [3.63, 3.8) is 0 Å². The van der Waals surface area contributed by atoms with Crippen molar-refractivity contribution < 1.29 is 13.5 Å². The molecular formula is C15H19NO3S. The first-order valence-electron chi connectivity index (χ1n) is 6.56. The topological polar surface area (TPSA) is 66.4 Å². The second-order valence-corrected chi connectivity index (χ2v) is 6.73. The fourth-order valence-corrected chi connectivity index (χ4v) is 3.59. The maximum atomic E-state index is 12.5. The first kappa shape index (κ1) is 15.0. The van der Waals surface area contributed by atoms with Gasteiger partial charge in [0.05, 0.1) is 4.90 Å². The van der Waals surface area contributed by atoms with Crippen LogP contribution in [0.5, 0.6) is 0 Å². The summed E-state index contributed by atoms with van der Waals surface area (Å²) in [7, 11) is -3.60. The van der Waals surface area contributed by atoms with Gasteiger partial charge in [-0.1, -0.05) is 43.3 Å². The van der Waals surface area contributed by atoms with Gasteiger partial charge in [0, 0.05) is 18.0 Å².